The van der Waals surface area contributed by atoms with Crippen molar-refractivity contribution in [3.8, 4) is 5.69 Å². The van der Waals surface area contributed by atoms with E-state index < -0.39 is 6.03 Å². The molecule has 0 aliphatic carbocycles. The van der Waals surface area contributed by atoms with E-state index in [0.717, 1.165) is 28.1 Å². The fourth-order valence-electron chi connectivity index (χ4n) is 3.42. The molecule has 1 aromatic heterocycles. The van der Waals surface area contributed by atoms with Crippen molar-refractivity contribution in [1.29, 1.82) is 0 Å². The lowest BCUT2D eigenvalue weighted by molar-refractivity contribution is -0.123. The Morgan fingerprint density at radius 3 is 2.57 bits per heavy atom. The molecule has 1 aliphatic rings. The highest BCUT2D eigenvalue weighted by molar-refractivity contribution is 6.13. The molecule has 1 aliphatic heterocycles. The van der Waals surface area contributed by atoms with Gasteiger partial charge in [-0.05, 0) is 49.2 Å². The monoisotopic (exact) mass is 371 g/mol. The number of carbonyl (C=O) groups excluding carboxylic acids is 2. The van der Waals surface area contributed by atoms with Gasteiger partial charge in [0.25, 0.3) is 5.91 Å². The fourth-order valence-corrected chi connectivity index (χ4v) is 3.42. The average Bonchev–Trinajstić information content (AvgIpc) is 3.22. The van der Waals surface area contributed by atoms with Crippen molar-refractivity contribution in [2.24, 2.45) is 0 Å². The van der Waals surface area contributed by atoms with Crippen LogP contribution in [0.25, 0.3) is 11.8 Å². The first-order valence-electron chi connectivity index (χ1n) is 9.16. The Kier molecular flexibility index (Phi) is 4.57. The standard InChI is InChI=1S/C23H21N3O2/c1-16-7-5-9-18(13-16)15-26-22(27)20(24-23(26)28)14-19-10-6-12-25(19)21-11-4-3-8-17(21)2/h3-14H,15H2,1-2H3,(H,24,28)/b20-14+. The number of aryl methyl sites for hydroxylation is 2. The third kappa shape index (κ3) is 3.34. The molecule has 140 valence electrons. The predicted octanol–water partition coefficient (Wildman–Crippen LogP) is 4.19. The minimum atomic E-state index is -0.397. The van der Waals surface area contributed by atoms with Crippen molar-refractivity contribution >= 4 is 18.0 Å². The van der Waals surface area contributed by atoms with Crippen molar-refractivity contribution in [3.05, 3.63) is 94.9 Å². The molecule has 1 saturated heterocycles. The molecule has 3 amide bonds. The van der Waals surface area contributed by atoms with Crippen LogP contribution in [0.15, 0.2) is 72.6 Å². The summed E-state index contributed by atoms with van der Waals surface area (Å²) < 4.78 is 2.00. The third-order valence-electron chi connectivity index (χ3n) is 4.83. The molecular weight excluding hydrogens is 350 g/mol. The topological polar surface area (TPSA) is 54.3 Å². The Bertz CT molecular complexity index is 1090. The zero-order valence-corrected chi connectivity index (χ0v) is 15.8. The summed E-state index contributed by atoms with van der Waals surface area (Å²) in [6.45, 7) is 4.28. The van der Waals surface area contributed by atoms with E-state index in [2.05, 4.69) is 5.32 Å². The second-order valence-electron chi connectivity index (χ2n) is 6.96. The first-order chi connectivity index (χ1) is 13.5. The van der Waals surface area contributed by atoms with Gasteiger partial charge in [0.05, 0.1) is 6.54 Å². The van der Waals surface area contributed by atoms with E-state index in [9.17, 15) is 9.59 Å². The van der Waals surface area contributed by atoms with Crippen LogP contribution in [0.3, 0.4) is 0 Å². The van der Waals surface area contributed by atoms with Gasteiger partial charge in [-0.15, -0.1) is 0 Å². The van der Waals surface area contributed by atoms with Crippen LogP contribution in [0.4, 0.5) is 4.79 Å². The molecular formula is C23H21N3O2. The van der Waals surface area contributed by atoms with Crippen molar-refractivity contribution in [2.45, 2.75) is 20.4 Å². The highest BCUT2D eigenvalue weighted by Gasteiger charge is 2.33. The summed E-state index contributed by atoms with van der Waals surface area (Å²) in [7, 11) is 0. The van der Waals surface area contributed by atoms with Crippen LogP contribution in [0, 0.1) is 13.8 Å². The lowest BCUT2D eigenvalue weighted by Crippen LogP contribution is -2.30. The molecule has 0 bridgehead atoms. The number of carbonyl (C=O) groups is 2. The smallest absolute Gasteiger partial charge is 0.317 e. The molecule has 0 radical (unpaired) electrons. The van der Waals surface area contributed by atoms with E-state index >= 15 is 0 Å². The summed E-state index contributed by atoms with van der Waals surface area (Å²) in [4.78, 5) is 26.4. The van der Waals surface area contributed by atoms with Gasteiger partial charge in [0.1, 0.15) is 5.70 Å². The Hall–Kier alpha value is -3.60. The summed E-state index contributed by atoms with van der Waals surface area (Å²) in [5.41, 5.74) is 5.29. The van der Waals surface area contributed by atoms with E-state index in [1.165, 1.54) is 4.90 Å². The highest BCUT2D eigenvalue weighted by atomic mass is 16.2. The molecule has 0 spiro atoms. The average molecular weight is 371 g/mol. The maximum Gasteiger partial charge on any atom is 0.329 e. The van der Waals surface area contributed by atoms with Crippen LogP contribution >= 0.6 is 0 Å². The van der Waals surface area contributed by atoms with Gasteiger partial charge >= 0.3 is 6.03 Å². The third-order valence-corrected chi connectivity index (χ3v) is 4.83. The predicted molar refractivity (Wildman–Crippen MR) is 109 cm³/mol. The molecule has 3 aromatic rings. The molecule has 4 rings (SSSR count). The lowest BCUT2D eigenvalue weighted by Gasteiger charge is -2.12. The van der Waals surface area contributed by atoms with Gasteiger partial charge < -0.3 is 9.88 Å². The molecule has 5 heteroatoms. The first-order valence-corrected chi connectivity index (χ1v) is 9.16. The summed E-state index contributed by atoms with van der Waals surface area (Å²) in [6.07, 6.45) is 3.67. The van der Waals surface area contributed by atoms with Gasteiger partial charge in [-0.2, -0.15) is 0 Å². The van der Waals surface area contributed by atoms with Gasteiger partial charge in [0, 0.05) is 17.6 Å². The van der Waals surface area contributed by atoms with Crippen LogP contribution in [0.1, 0.15) is 22.4 Å². The number of aromatic nitrogens is 1. The van der Waals surface area contributed by atoms with Gasteiger partial charge in [0.15, 0.2) is 0 Å². The lowest BCUT2D eigenvalue weighted by atomic mass is 10.1. The number of hydrogen-bond donors (Lipinski definition) is 1. The Balaban J connectivity index is 1.62. The minimum absolute atomic E-state index is 0.252. The summed E-state index contributed by atoms with van der Waals surface area (Å²) in [5, 5.41) is 2.71. The van der Waals surface area contributed by atoms with E-state index in [1.807, 2.05) is 85.3 Å². The zero-order chi connectivity index (χ0) is 19.7. The molecule has 0 atom stereocenters. The number of nitrogens with zero attached hydrogens (tertiary/aromatic N) is 2. The molecule has 0 unspecified atom stereocenters. The molecule has 0 saturated carbocycles. The first kappa shape index (κ1) is 17.8. The second-order valence-corrected chi connectivity index (χ2v) is 6.96. The molecule has 2 aromatic carbocycles. The highest BCUT2D eigenvalue weighted by Crippen LogP contribution is 2.21. The number of amides is 3. The van der Waals surface area contributed by atoms with Crippen LogP contribution in [0.5, 0.6) is 0 Å². The number of hydrogen-bond acceptors (Lipinski definition) is 2. The Morgan fingerprint density at radius 1 is 0.964 bits per heavy atom. The van der Waals surface area contributed by atoms with Crippen LogP contribution in [-0.2, 0) is 11.3 Å². The Morgan fingerprint density at radius 2 is 1.79 bits per heavy atom. The van der Waals surface area contributed by atoms with Crippen molar-refractivity contribution in [1.82, 2.24) is 14.8 Å². The van der Waals surface area contributed by atoms with Gasteiger partial charge in [-0.1, -0.05) is 48.0 Å². The SMILES string of the molecule is Cc1cccc(CN2C(=O)N/C(=C/c3cccn3-c3ccccc3C)C2=O)c1. The number of urea groups is 1. The van der Waals surface area contributed by atoms with Crippen molar-refractivity contribution < 1.29 is 9.59 Å². The summed E-state index contributed by atoms with van der Waals surface area (Å²) in [6, 6.07) is 19.3. The largest absolute Gasteiger partial charge is 0.329 e. The number of nitrogens with one attached hydrogen (secondary N) is 1. The maximum absolute atomic E-state index is 12.8. The minimum Gasteiger partial charge on any atom is -0.317 e. The number of imide groups is 1. The summed E-state index contributed by atoms with van der Waals surface area (Å²) >= 11 is 0. The number of rotatable bonds is 4. The van der Waals surface area contributed by atoms with E-state index in [4.69, 9.17) is 0 Å². The van der Waals surface area contributed by atoms with Crippen LogP contribution < -0.4 is 5.32 Å². The van der Waals surface area contributed by atoms with Gasteiger partial charge in [-0.3, -0.25) is 9.69 Å². The number of benzene rings is 2. The van der Waals surface area contributed by atoms with Crippen LogP contribution in [-0.4, -0.2) is 21.4 Å². The zero-order valence-electron chi connectivity index (χ0n) is 15.8. The van der Waals surface area contributed by atoms with E-state index in [1.54, 1.807) is 6.08 Å². The maximum atomic E-state index is 12.8. The quantitative estimate of drug-likeness (QED) is 0.552. The summed E-state index contributed by atoms with van der Waals surface area (Å²) in [5.74, 6) is -0.316. The molecule has 1 N–H and O–H groups in total. The van der Waals surface area contributed by atoms with Crippen molar-refractivity contribution in [3.63, 3.8) is 0 Å². The van der Waals surface area contributed by atoms with E-state index in [-0.39, 0.29) is 18.1 Å². The van der Waals surface area contributed by atoms with Crippen LogP contribution in [0.2, 0.25) is 0 Å². The van der Waals surface area contributed by atoms with Gasteiger partial charge in [0.2, 0.25) is 0 Å². The molecule has 5 nitrogen and oxygen atoms in total. The molecule has 2 heterocycles. The molecule has 28 heavy (non-hydrogen) atoms. The van der Waals surface area contributed by atoms with Gasteiger partial charge in [-0.25, -0.2) is 4.79 Å². The molecule has 1 fully saturated rings. The fraction of sp³-hybridized carbons (Fsp3) is 0.130. The number of para-hydroxylation sites is 1. The Labute approximate surface area is 163 Å². The normalized spacial score (nSPS) is 15.4. The van der Waals surface area contributed by atoms with E-state index in [0.29, 0.717) is 0 Å². The second kappa shape index (κ2) is 7.19. The van der Waals surface area contributed by atoms with Crippen molar-refractivity contribution in [2.75, 3.05) is 0 Å².